The first-order valence-electron chi connectivity index (χ1n) is 10.4. The minimum Gasteiger partial charge on any atom is -0.454 e. The first kappa shape index (κ1) is 19.2. The van der Waals surface area contributed by atoms with Gasteiger partial charge in [0.1, 0.15) is 23.9 Å². The van der Waals surface area contributed by atoms with Crippen molar-refractivity contribution >= 4 is 17.6 Å². The van der Waals surface area contributed by atoms with Gasteiger partial charge in [-0.25, -0.2) is 9.79 Å². The number of carbonyl (C=O) groups excluding carboxylic acids is 1. The maximum absolute atomic E-state index is 12.5. The van der Waals surface area contributed by atoms with E-state index in [0.29, 0.717) is 26.2 Å². The lowest BCUT2D eigenvalue weighted by Gasteiger charge is -2.36. The number of benzene rings is 3. The smallest absolute Gasteiger partial charge is 0.410 e. The number of fused-ring (bicyclic) bond motifs is 2. The van der Waals surface area contributed by atoms with Gasteiger partial charge in [0, 0.05) is 26.2 Å². The highest BCUT2D eigenvalue weighted by Crippen LogP contribution is 2.37. The van der Waals surface area contributed by atoms with Crippen LogP contribution in [0, 0.1) is 0 Å². The predicted octanol–water partition coefficient (Wildman–Crippen LogP) is 4.83. The van der Waals surface area contributed by atoms with E-state index >= 15 is 0 Å². The fourth-order valence-electron chi connectivity index (χ4n) is 3.82. The third kappa shape index (κ3) is 4.10. The van der Waals surface area contributed by atoms with Gasteiger partial charge < -0.3 is 19.3 Å². The van der Waals surface area contributed by atoms with Crippen molar-refractivity contribution in [3.8, 4) is 11.5 Å². The van der Waals surface area contributed by atoms with Crippen LogP contribution in [0.1, 0.15) is 11.1 Å². The molecule has 3 aromatic rings. The van der Waals surface area contributed by atoms with E-state index in [9.17, 15) is 4.79 Å². The van der Waals surface area contributed by atoms with Crippen LogP contribution in [-0.4, -0.2) is 47.9 Å². The van der Waals surface area contributed by atoms with Gasteiger partial charge in [0.05, 0.1) is 5.56 Å². The Kier molecular flexibility index (Phi) is 5.27. The second kappa shape index (κ2) is 8.52. The molecular weight excluding hydrogens is 390 g/mol. The largest absolute Gasteiger partial charge is 0.454 e. The van der Waals surface area contributed by atoms with E-state index < -0.39 is 0 Å². The molecule has 6 nitrogen and oxygen atoms in total. The zero-order valence-corrected chi connectivity index (χ0v) is 17.1. The zero-order chi connectivity index (χ0) is 21.0. The molecule has 0 unspecified atom stereocenters. The lowest BCUT2D eigenvalue weighted by Crippen LogP contribution is -2.50. The van der Waals surface area contributed by atoms with Crippen molar-refractivity contribution < 1.29 is 14.3 Å². The lowest BCUT2D eigenvalue weighted by atomic mass is 10.1. The van der Waals surface area contributed by atoms with Crippen LogP contribution in [0.2, 0.25) is 0 Å². The van der Waals surface area contributed by atoms with E-state index in [-0.39, 0.29) is 12.7 Å². The third-order valence-corrected chi connectivity index (χ3v) is 5.48. The number of carbonyl (C=O) groups is 1. The predicted molar refractivity (Wildman–Crippen MR) is 119 cm³/mol. The topological polar surface area (TPSA) is 54.4 Å². The summed E-state index contributed by atoms with van der Waals surface area (Å²) in [6, 6.07) is 25.5. The van der Waals surface area contributed by atoms with Crippen LogP contribution in [0.15, 0.2) is 83.9 Å². The molecule has 2 aliphatic heterocycles. The van der Waals surface area contributed by atoms with Gasteiger partial charge in [0.2, 0.25) is 0 Å². The van der Waals surface area contributed by atoms with Crippen LogP contribution in [0.4, 0.5) is 10.5 Å². The fraction of sp³-hybridized carbons (Fsp3) is 0.200. The van der Waals surface area contributed by atoms with Crippen molar-refractivity contribution in [3.05, 3.63) is 90.0 Å². The van der Waals surface area contributed by atoms with E-state index in [4.69, 9.17) is 14.5 Å². The van der Waals surface area contributed by atoms with Gasteiger partial charge in [0.25, 0.3) is 0 Å². The SMILES string of the molecule is O=C(OCc1ccccc1)N1CCN(C2=Nc3ccccc3Oc3ccccc32)CC1. The maximum Gasteiger partial charge on any atom is 0.410 e. The first-order chi connectivity index (χ1) is 15.3. The van der Waals surface area contributed by atoms with Crippen LogP contribution < -0.4 is 4.74 Å². The number of aliphatic imine (C=N–C) groups is 1. The first-order valence-corrected chi connectivity index (χ1v) is 10.4. The molecule has 6 heteroatoms. The Bertz CT molecular complexity index is 1110. The normalized spacial score (nSPS) is 15.2. The fourth-order valence-corrected chi connectivity index (χ4v) is 3.82. The summed E-state index contributed by atoms with van der Waals surface area (Å²) in [5, 5.41) is 0. The van der Waals surface area contributed by atoms with Crippen LogP contribution in [-0.2, 0) is 11.3 Å². The van der Waals surface area contributed by atoms with Gasteiger partial charge in [-0.05, 0) is 29.8 Å². The molecule has 2 heterocycles. The second-order valence-corrected chi connectivity index (χ2v) is 7.52. The molecule has 2 aliphatic rings. The Hall–Kier alpha value is -3.80. The number of amides is 1. The Labute approximate surface area is 181 Å². The molecule has 1 saturated heterocycles. The molecule has 0 N–H and O–H groups in total. The monoisotopic (exact) mass is 413 g/mol. The summed E-state index contributed by atoms with van der Waals surface area (Å²) in [4.78, 5) is 21.4. The Morgan fingerprint density at radius 3 is 2.32 bits per heavy atom. The van der Waals surface area contributed by atoms with Gasteiger partial charge in [-0.3, -0.25) is 0 Å². The molecule has 5 rings (SSSR count). The molecule has 0 spiro atoms. The van der Waals surface area contributed by atoms with Crippen molar-refractivity contribution in [2.75, 3.05) is 26.2 Å². The van der Waals surface area contributed by atoms with Gasteiger partial charge >= 0.3 is 6.09 Å². The minimum absolute atomic E-state index is 0.277. The summed E-state index contributed by atoms with van der Waals surface area (Å²) in [6.45, 7) is 2.80. The molecule has 0 radical (unpaired) electrons. The van der Waals surface area contributed by atoms with Crippen LogP contribution in [0.5, 0.6) is 11.5 Å². The van der Waals surface area contributed by atoms with Crippen molar-refractivity contribution in [3.63, 3.8) is 0 Å². The van der Waals surface area contributed by atoms with Gasteiger partial charge in [-0.2, -0.15) is 0 Å². The van der Waals surface area contributed by atoms with Gasteiger partial charge in [0.15, 0.2) is 5.75 Å². The van der Waals surface area contributed by atoms with Crippen LogP contribution >= 0.6 is 0 Å². The molecule has 156 valence electrons. The van der Waals surface area contributed by atoms with E-state index in [1.54, 1.807) is 4.90 Å². The highest BCUT2D eigenvalue weighted by Gasteiger charge is 2.27. The molecule has 0 aromatic heterocycles. The summed E-state index contributed by atoms with van der Waals surface area (Å²) >= 11 is 0. The maximum atomic E-state index is 12.5. The molecule has 1 amide bonds. The third-order valence-electron chi connectivity index (χ3n) is 5.48. The quantitative estimate of drug-likeness (QED) is 0.604. The standard InChI is InChI=1S/C25H23N3O3/c29-25(30-18-19-8-2-1-3-9-19)28-16-14-27(15-17-28)24-20-10-4-6-12-22(20)31-23-13-7-5-11-21(23)26-24/h1-13H,14-18H2. The number of nitrogens with zero attached hydrogens (tertiary/aromatic N) is 3. The Morgan fingerprint density at radius 2 is 1.52 bits per heavy atom. The molecule has 0 atom stereocenters. The number of amidine groups is 1. The number of hydrogen-bond acceptors (Lipinski definition) is 5. The summed E-state index contributed by atoms with van der Waals surface area (Å²) in [7, 11) is 0. The van der Waals surface area contributed by atoms with Gasteiger partial charge in [-0.15, -0.1) is 0 Å². The molecule has 0 saturated carbocycles. The Morgan fingerprint density at radius 1 is 0.839 bits per heavy atom. The van der Waals surface area contributed by atoms with Gasteiger partial charge in [-0.1, -0.05) is 54.6 Å². The van der Waals surface area contributed by atoms with E-state index in [0.717, 1.165) is 34.1 Å². The lowest BCUT2D eigenvalue weighted by molar-refractivity contribution is 0.0826. The Balaban J connectivity index is 1.30. The molecule has 0 aliphatic carbocycles. The summed E-state index contributed by atoms with van der Waals surface area (Å²) in [5.41, 5.74) is 2.75. The van der Waals surface area contributed by atoms with E-state index in [1.165, 1.54) is 0 Å². The number of ether oxygens (including phenoxy) is 2. The van der Waals surface area contributed by atoms with Crippen molar-refractivity contribution in [2.24, 2.45) is 4.99 Å². The summed E-state index contributed by atoms with van der Waals surface area (Å²) < 4.78 is 11.6. The van der Waals surface area contributed by atoms with Crippen LogP contribution in [0.3, 0.4) is 0 Å². The summed E-state index contributed by atoms with van der Waals surface area (Å²) in [5.74, 6) is 2.40. The summed E-state index contributed by atoms with van der Waals surface area (Å²) in [6.07, 6.45) is -0.277. The molecule has 0 bridgehead atoms. The highest BCUT2D eigenvalue weighted by molar-refractivity contribution is 6.03. The molecular formula is C25H23N3O3. The van der Waals surface area contributed by atoms with E-state index in [2.05, 4.69) is 4.90 Å². The van der Waals surface area contributed by atoms with Crippen molar-refractivity contribution in [1.82, 2.24) is 9.80 Å². The average molecular weight is 413 g/mol. The van der Waals surface area contributed by atoms with Crippen LogP contribution in [0.25, 0.3) is 0 Å². The van der Waals surface area contributed by atoms with Crippen molar-refractivity contribution in [1.29, 1.82) is 0 Å². The minimum atomic E-state index is -0.277. The number of para-hydroxylation sites is 3. The molecule has 31 heavy (non-hydrogen) atoms. The highest BCUT2D eigenvalue weighted by atomic mass is 16.6. The zero-order valence-electron chi connectivity index (χ0n) is 17.1. The molecule has 3 aromatic carbocycles. The van der Waals surface area contributed by atoms with Crippen molar-refractivity contribution in [2.45, 2.75) is 6.61 Å². The number of piperazine rings is 1. The molecule has 1 fully saturated rings. The second-order valence-electron chi connectivity index (χ2n) is 7.52. The van der Waals surface area contributed by atoms with E-state index in [1.807, 2.05) is 78.9 Å². The number of hydrogen-bond donors (Lipinski definition) is 0. The average Bonchev–Trinajstić information content (AvgIpc) is 3.00. The number of rotatable bonds is 2.